The van der Waals surface area contributed by atoms with Crippen molar-refractivity contribution < 1.29 is 14.7 Å². The van der Waals surface area contributed by atoms with Crippen molar-refractivity contribution in [3.8, 4) is 0 Å². The van der Waals surface area contributed by atoms with Crippen molar-refractivity contribution in [3.63, 3.8) is 0 Å². The number of carbonyl (C=O) groups is 2. The van der Waals surface area contributed by atoms with Crippen molar-refractivity contribution in [2.24, 2.45) is 11.3 Å². The number of piperazine rings is 1. The summed E-state index contributed by atoms with van der Waals surface area (Å²) in [4.78, 5) is 27.8. The Labute approximate surface area is 126 Å². The van der Waals surface area contributed by atoms with Crippen LogP contribution < -0.4 is 5.32 Å². The number of carbonyl (C=O) groups excluding carboxylic acids is 1. The van der Waals surface area contributed by atoms with Gasteiger partial charge in [-0.15, -0.1) is 0 Å². The minimum absolute atomic E-state index is 0.241. The van der Waals surface area contributed by atoms with Crippen LogP contribution in [0.25, 0.3) is 0 Å². The molecule has 2 unspecified atom stereocenters. The lowest BCUT2D eigenvalue weighted by Gasteiger charge is -2.42. The Morgan fingerprint density at radius 1 is 1.14 bits per heavy atom. The van der Waals surface area contributed by atoms with E-state index >= 15 is 0 Å². The smallest absolute Gasteiger partial charge is 0.320 e. The molecule has 0 aliphatic carbocycles. The Morgan fingerprint density at radius 2 is 1.76 bits per heavy atom. The number of amides is 1. The Bertz CT molecular complexity index is 397. The van der Waals surface area contributed by atoms with Crippen molar-refractivity contribution >= 4 is 11.9 Å². The number of carboxylic acids is 1. The molecule has 120 valence electrons. The van der Waals surface area contributed by atoms with Gasteiger partial charge < -0.3 is 15.3 Å². The van der Waals surface area contributed by atoms with E-state index in [2.05, 4.69) is 19.2 Å². The maximum absolute atomic E-state index is 12.9. The largest absolute Gasteiger partial charge is 0.480 e. The fourth-order valence-electron chi connectivity index (χ4n) is 3.42. The molecule has 1 amide bonds. The lowest BCUT2D eigenvalue weighted by atomic mass is 9.75. The first kappa shape index (κ1) is 16.2. The standard InChI is InChI=1S/C15H27N3O3/c1-11(2)15(4-5-16-10-15)14(21)18-8-6-17(7-9-18)12(3)13(19)20/h11-12,16H,4-10H2,1-3H3,(H,19,20). The van der Waals surface area contributed by atoms with Crippen molar-refractivity contribution in [1.29, 1.82) is 0 Å². The highest BCUT2D eigenvalue weighted by Gasteiger charge is 2.46. The molecule has 2 rings (SSSR count). The van der Waals surface area contributed by atoms with Gasteiger partial charge >= 0.3 is 5.97 Å². The predicted octanol–water partition coefficient (Wildman–Crippen LogP) is 0.239. The number of aliphatic carboxylic acids is 1. The normalized spacial score (nSPS) is 28.9. The summed E-state index contributed by atoms with van der Waals surface area (Å²) < 4.78 is 0. The highest BCUT2D eigenvalue weighted by molar-refractivity contribution is 5.84. The van der Waals surface area contributed by atoms with E-state index < -0.39 is 12.0 Å². The van der Waals surface area contributed by atoms with Crippen LogP contribution in [0.4, 0.5) is 0 Å². The molecule has 2 heterocycles. The van der Waals surface area contributed by atoms with Crippen LogP contribution in [-0.2, 0) is 9.59 Å². The first-order chi connectivity index (χ1) is 9.88. The monoisotopic (exact) mass is 297 g/mol. The minimum atomic E-state index is -0.798. The highest BCUT2D eigenvalue weighted by atomic mass is 16.4. The average molecular weight is 297 g/mol. The molecule has 0 radical (unpaired) electrons. The molecule has 2 aliphatic rings. The molecule has 2 N–H and O–H groups in total. The second-order valence-corrected chi connectivity index (χ2v) is 6.58. The van der Waals surface area contributed by atoms with E-state index in [0.717, 1.165) is 19.5 Å². The van der Waals surface area contributed by atoms with Crippen molar-refractivity contribution in [1.82, 2.24) is 15.1 Å². The number of carboxylic acid groups (broad SMARTS) is 1. The van der Waals surface area contributed by atoms with Gasteiger partial charge in [-0.25, -0.2) is 0 Å². The van der Waals surface area contributed by atoms with E-state index in [-0.39, 0.29) is 11.3 Å². The van der Waals surface area contributed by atoms with Gasteiger partial charge in [0.1, 0.15) is 6.04 Å². The lowest BCUT2D eigenvalue weighted by Crippen LogP contribution is -2.57. The fourth-order valence-corrected chi connectivity index (χ4v) is 3.42. The van der Waals surface area contributed by atoms with Gasteiger partial charge in [0.2, 0.25) is 5.91 Å². The van der Waals surface area contributed by atoms with Gasteiger partial charge in [-0.1, -0.05) is 13.8 Å². The zero-order valence-electron chi connectivity index (χ0n) is 13.3. The average Bonchev–Trinajstić information content (AvgIpc) is 2.96. The van der Waals surface area contributed by atoms with Gasteiger partial charge in [-0.2, -0.15) is 0 Å². The Balaban J connectivity index is 1.98. The summed E-state index contributed by atoms with van der Waals surface area (Å²) in [5, 5.41) is 12.4. The quantitative estimate of drug-likeness (QED) is 0.778. The Morgan fingerprint density at radius 3 is 2.19 bits per heavy atom. The van der Waals surface area contributed by atoms with Crippen LogP contribution >= 0.6 is 0 Å². The number of nitrogens with zero attached hydrogens (tertiary/aromatic N) is 2. The molecule has 2 aliphatic heterocycles. The zero-order valence-corrected chi connectivity index (χ0v) is 13.3. The van der Waals surface area contributed by atoms with Crippen molar-refractivity contribution in [3.05, 3.63) is 0 Å². The summed E-state index contributed by atoms with van der Waals surface area (Å²) in [6.45, 7) is 10.1. The van der Waals surface area contributed by atoms with E-state index in [1.165, 1.54) is 0 Å². The summed E-state index contributed by atoms with van der Waals surface area (Å²) in [6, 6.07) is -0.477. The van der Waals surface area contributed by atoms with Crippen molar-refractivity contribution in [2.45, 2.75) is 33.2 Å². The van der Waals surface area contributed by atoms with Gasteiger partial charge in [0.15, 0.2) is 0 Å². The molecule has 21 heavy (non-hydrogen) atoms. The maximum atomic E-state index is 12.9. The van der Waals surface area contributed by atoms with Crippen molar-refractivity contribution in [2.75, 3.05) is 39.3 Å². The molecule has 0 bridgehead atoms. The first-order valence-electron chi connectivity index (χ1n) is 7.85. The van der Waals surface area contributed by atoms with Crippen LogP contribution in [0.2, 0.25) is 0 Å². The first-order valence-corrected chi connectivity index (χ1v) is 7.85. The molecule has 0 aromatic carbocycles. The topological polar surface area (TPSA) is 72.9 Å². The SMILES string of the molecule is CC(C(=O)O)N1CCN(C(=O)C2(C(C)C)CCNC2)CC1. The van der Waals surface area contributed by atoms with Gasteiger partial charge in [0, 0.05) is 32.7 Å². The van der Waals surface area contributed by atoms with E-state index in [4.69, 9.17) is 5.11 Å². The number of nitrogens with one attached hydrogen (secondary N) is 1. The van der Waals surface area contributed by atoms with E-state index in [1.807, 2.05) is 9.80 Å². The summed E-state index contributed by atoms with van der Waals surface area (Å²) in [5.41, 5.74) is -0.277. The van der Waals surface area contributed by atoms with Gasteiger partial charge in [-0.3, -0.25) is 14.5 Å². The van der Waals surface area contributed by atoms with E-state index in [1.54, 1.807) is 6.92 Å². The van der Waals surface area contributed by atoms with Crippen LogP contribution in [0.3, 0.4) is 0 Å². The number of hydrogen-bond donors (Lipinski definition) is 2. The third-order valence-electron chi connectivity index (χ3n) is 5.23. The molecule has 2 saturated heterocycles. The molecule has 6 heteroatoms. The molecule has 0 aromatic heterocycles. The summed E-state index contributed by atoms with van der Waals surface area (Å²) in [7, 11) is 0. The molecule has 2 fully saturated rings. The second kappa shape index (κ2) is 6.32. The third-order valence-corrected chi connectivity index (χ3v) is 5.23. The molecule has 0 spiro atoms. The number of hydrogen-bond acceptors (Lipinski definition) is 4. The van der Waals surface area contributed by atoms with Crippen LogP contribution in [0.15, 0.2) is 0 Å². The van der Waals surface area contributed by atoms with Crippen LogP contribution in [0.5, 0.6) is 0 Å². The molecule has 2 atom stereocenters. The molecule has 6 nitrogen and oxygen atoms in total. The van der Waals surface area contributed by atoms with Gasteiger partial charge in [-0.05, 0) is 25.8 Å². The summed E-state index contributed by atoms with van der Waals surface area (Å²) in [5.74, 6) is -0.241. The van der Waals surface area contributed by atoms with Crippen LogP contribution in [0.1, 0.15) is 27.2 Å². The van der Waals surface area contributed by atoms with Crippen LogP contribution in [0, 0.1) is 11.3 Å². The summed E-state index contributed by atoms with van der Waals surface area (Å²) >= 11 is 0. The van der Waals surface area contributed by atoms with Crippen LogP contribution in [-0.4, -0.2) is 72.1 Å². The fraction of sp³-hybridized carbons (Fsp3) is 0.867. The highest BCUT2D eigenvalue weighted by Crippen LogP contribution is 2.36. The molecule has 0 aromatic rings. The zero-order chi connectivity index (χ0) is 15.6. The maximum Gasteiger partial charge on any atom is 0.320 e. The Hall–Kier alpha value is -1.14. The molecular weight excluding hydrogens is 270 g/mol. The van der Waals surface area contributed by atoms with E-state index in [0.29, 0.717) is 32.1 Å². The van der Waals surface area contributed by atoms with Gasteiger partial charge in [0.05, 0.1) is 5.41 Å². The van der Waals surface area contributed by atoms with E-state index in [9.17, 15) is 9.59 Å². The lowest BCUT2D eigenvalue weighted by molar-refractivity contribution is -0.148. The third kappa shape index (κ3) is 3.06. The second-order valence-electron chi connectivity index (χ2n) is 6.58. The molecule has 0 saturated carbocycles. The number of rotatable bonds is 4. The predicted molar refractivity (Wildman–Crippen MR) is 80.0 cm³/mol. The summed E-state index contributed by atoms with van der Waals surface area (Å²) in [6.07, 6.45) is 0.898. The minimum Gasteiger partial charge on any atom is -0.480 e. The Kier molecular flexibility index (Phi) is 4.88. The molecular formula is C15H27N3O3. The van der Waals surface area contributed by atoms with Gasteiger partial charge in [0.25, 0.3) is 0 Å².